The second kappa shape index (κ2) is 15.9. The summed E-state index contributed by atoms with van der Waals surface area (Å²) in [6, 6.07) is 31.9. The average molecular weight is 642 g/mol. The number of carboxylic acid groups (broad SMARTS) is 1. The molecule has 4 atom stereocenters. The van der Waals surface area contributed by atoms with Gasteiger partial charge in [0.1, 0.15) is 5.75 Å². The molecule has 9 heteroatoms. The number of hydrogen-bond donors (Lipinski definition) is 3. The lowest BCUT2D eigenvalue weighted by molar-refractivity contribution is -0.268. The fourth-order valence-corrected chi connectivity index (χ4v) is 6.62. The maximum Gasteiger partial charge on any atom is 0.303 e. The van der Waals surface area contributed by atoms with Crippen LogP contribution in [0.3, 0.4) is 0 Å². The van der Waals surface area contributed by atoms with Crippen LogP contribution in [-0.4, -0.2) is 41.1 Å². The normalized spacial score (nSPS) is 19.4. The monoisotopic (exact) mass is 641 g/mol. The van der Waals surface area contributed by atoms with Crippen molar-refractivity contribution in [2.45, 2.75) is 56.3 Å². The lowest BCUT2D eigenvalue weighted by Crippen LogP contribution is -2.38. The van der Waals surface area contributed by atoms with Crippen molar-refractivity contribution in [2.75, 3.05) is 12.9 Å². The molecule has 0 bridgehead atoms. The zero-order chi connectivity index (χ0) is 32.5. The molecule has 3 N–H and O–H groups in total. The fourth-order valence-electron chi connectivity index (χ4n) is 5.42. The van der Waals surface area contributed by atoms with Gasteiger partial charge in [0.25, 0.3) is 0 Å². The topological polar surface area (TPSA) is 114 Å². The molecular formula is C37H39NO7S. The zero-order valence-electron chi connectivity index (χ0n) is 25.9. The average Bonchev–Trinajstić information content (AvgIpc) is 3.09. The summed E-state index contributed by atoms with van der Waals surface area (Å²) in [5.41, 5.74) is 5.71. The van der Waals surface area contributed by atoms with Crippen molar-refractivity contribution in [3.63, 3.8) is 0 Å². The Hall–Kier alpha value is -4.15. The van der Waals surface area contributed by atoms with Crippen molar-refractivity contribution in [1.29, 1.82) is 0 Å². The maximum atomic E-state index is 12.0. The van der Waals surface area contributed by atoms with E-state index < -0.39 is 12.3 Å². The molecular weight excluding hydrogens is 602 g/mol. The minimum absolute atomic E-state index is 0.0120. The summed E-state index contributed by atoms with van der Waals surface area (Å²) in [4.78, 5) is 23.8. The first-order valence-corrected chi connectivity index (χ1v) is 16.3. The molecule has 5 rings (SSSR count). The fraction of sp³-hybridized carbons (Fsp3) is 0.297. The van der Waals surface area contributed by atoms with Gasteiger partial charge >= 0.3 is 5.97 Å². The van der Waals surface area contributed by atoms with Crippen LogP contribution in [0.2, 0.25) is 0 Å². The van der Waals surface area contributed by atoms with Crippen LogP contribution in [0, 0.1) is 5.92 Å². The van der Waals surface area contributed by atoms with Crippen molar-refractivity contribution >= 4 is 23.6 Å². The van der Waals surface area contributed by atoms with Crippen LogP contribution in [0.25, 0.3) is 11.1 Å². The molecule has 1 saturated heterocycles. The lowest BCUT2D eigenvalue weighted by atomic mass is 9.91. The van der Waals surface area contributed by atoms with Gasteiger partial charge in [-0.1, -0.05) is 85.8 Å². The number of thioether (sulfide) groups is 1. The van der Waals surface area contributed by atoms with Crippen molar-refractivity contribution in [3.8, 4) is 16.9 Å². The molecule has 0 aromatic heterocycles. The molecule has 8 nitrogen and oxygen atoms in total. The SMILES string of the molecule is COc1ccccc1SCC1OC(c2ccc(-c3cccc(CNC(=O)CCC(=O)O)c3)cc2)OC(c2ccc(CO)cc2)C1C. The van der Waals surface area contributed by atoms with Crippen LogP contribution in [-0.2, 0) is 32.2 Å². The second-order valence-electron chi connectivity index (χ2n) is 11.3. The molecule has 1 amide bonds. The van der Waals surface area contributed by atoms with E-state index in [1.807, 2.05) is 91.0 Å². The molecule has 4 aromatic carbocycles. The molecule has 0 spiro atoms. The third-order valence-corrected chi connectivity index (χ3v) is 9.24. The van der Waals surface area contributed by atoms with Gasteiger partial charge < -0.3 is 29.7 Å². The van der Waals surface area contributed by atoms with Gasteiger partial charge in [-0.3, -0.25) is 9.59 Å². The van der Waals surface area contributed by atoms with E-state index in [1.165, 1.54) is 0 Å². The number of carbonyl (C=O) groups excluding carboxylic acids is 1. The third kappa shape index (κ3) is 8.55. The number of aliphatic carboxylic acids is 1. The Labute approximate surface area is 273 Å². The van der Waals surface area contributed by atoms with Crippen molar-refractivity contribution in [2.24, 2.45) is 5.92 Å². The van der Waals surface area contributed by atoms with Crippen molar-refractivity contribution in [3.05, 3.63) is 119 Å². The van der Waals surface area contributed by atoms with E-state index in [2.05, 4.69) is 18.3 Å². The van der Waals surface area contributed by atoms with Crippen LogP contribution in [0.1, 0.15) is 54.4 Å². The van der Waals surface area contributed by atoms with Crippen LogP contribution < -0.4 is 10.1 Å². The van der Waals surface area contributed by atoms with Crippen LogP contribution in [0.4, 0.5) is 0 Å². The minimum Gasteiger partial charge on any atom is -0.496 e. The Morgan fingerprint density at radius 2 is 1.59 bits per heavy atom. The number of benzene rings is 4. The van der Waals surface area contributed by atoms with Crippen LogP contribution in [0.5, 0.6) is 5.75 Å². The van der Waals surface area contributed by atoms with E-state index in [9.17, 15) is 14.7 Å². The highest BCUT2D eigenvalue weighted by Gasteiger charge is 2.38. The quantitative estimate of drug-likeness (QED) is 0.135. The van der Waals surface area contributed by atoms with E-state index in [1.54, 1.807) is 18.9 Å². The number of ether oxygens (including phenoxy) is 3. The first kappa shape index (κ1) is 33.2. The van der Waals surface area contributed by atoms with E-state index in [-0.39, 0.29) is 43.5 Å². The summed E-state index contributed by atoms with van der Waals surface area (Å²) in [6.07, 6.45) is -1.14. The number of aliphatic hydroxyl groups excluding tert-OH is 1. The van der Waals surface area contributed by atoms with Gasteiger partial charge in [0.15, 0.2) is 6.29 Å². The number of methoxy groups -OCH3 is 1. The van der Waals surface area contributed by atoms with E-state index in [0.29, 0.717) is 12.3 Å². The highest BCUT2D eigenvalue weighted by molar-refractivity contribution is 7.99. The number of nitrogens with one attached hydrogen (secondary N) is 1. The van der Waals surface area contributed by atoms with Gasteiger partial charge in [-0.15, -0.1) is 11.8 Å². The van der Waals surface area contributed by atoms with Crippen LogP contribution >= 0.6 is 11.8 Å². The summed E-state index contributed by atoms with van der Waals surface area (Å²) in [5, 5.41) is 21.1. The summed E-state index contributed by atoms with van der Waals surface area (Å²) >= 11 is 1.70. The molecule has 240 valence electrons. The first-order valence-electron chi connectivity index (χ1n) is 15.3. The molecule has 0 saturated carbocycles. The summed E-state index contributed by atoms with van der Waals surface area (Å²) in [5.74, 6) is 0.324. The van der Waals surface area contributed by atoms with E-state index >= 15 is 0 Å². The molecule has 1 aliphatic rings. The molecule has 4 unspecified atom stereocenters. The predicted octanol–water partition coefficient (Wildman–Crippen LogP) is 6.92. The molecule has 4 aromatic rings. The molecule has 46 heavy (non-hydrogen) atoms. The molecule has 0 radical (unpaired) electrons. The largest absolute Gasteiger partial charge is 0.496 e. The summed E-state index contributed by atoms with van der Waals surface area (Å²) < 4.78 is 18.8. The standard InChI is InChI=1S/C37H39NO7S/c1-24-32(23-46-33-9-4-3-8-31(33)43-2)44-37(45-36(24)28-12-10-25(22-39)11-13-28)29-16-14-27(15-17-29)30-7-5-6-26(20-30)21-38-34(40)18-19-35(41)42/h3-17,20,24,32,36-37,39H,18-19,21-23H2,1-2H3,(H,38,40)(H,41,42). The third-order valence-electron chi connectivity index (χ3n) is 8.09. The highest BCUT2D eigenvalue weighted by Crippen LogP contribution is 2.44. The van der Waals surface area contributed by atoms with Gasteiger partial charge in [0.05, 0.1) is 32.3 Å². The van der Waals surface area contributed by atoms with E-state index in [0.717, 1.165) is 44.0 Å². The van der Waals surface area contributed by atoms with Gasteiger partial charge in [-0.05, 0) is 46.0 Å². The molecule has 1 heterocycles. The molecule has 1 aliphatic heterocycles. The Bertz CT molecular complexity index is 1610. The number of aliphatic hydroxyl groups is 1. The number of amides is 1. The second-order valence-corrected chi connectivity index (χ2v) is 12.3. The first-order chi connectivity index (χ1) is 22.3. The highest BCUT2D eigenvalue weighted by atomic mass is 32.2. The lowest BCUT2D eigenvalue weighted by Gasteiger charge is -2.41. The van der Waals surface area contributed by atoms with Gasteiger partial charge in [-0.2, -0.15) is 0 Å². The van der Waals surface area contributed by atoms with Crippen molar-refractivity contribution < 1.29 is 34.0 Å². The number of para-hydroxylation sites is 1. The van der Waals surface area contributed by atoms with E-state index in [4.69, 9.17) is 19.3 Å². The molecule has 1 fully saturated rings. The van der Waals surface area contributed by atoms with Gasteiger partial charge in [0, 0.05) is 35.1 Å². The number of carbonyl (C=O) groups is 2. The Morgan fingerprint density at radius 1 is 0.848 bits per heavy atom. The number of rotatable bonds is 13. The van der Waals surface area contributed by atoms with Crippen LogP contribution in [0.15, 0.2) is 102 Å². The minimum atomic E-state index is -0.992. The van der Waals surface area contributed by atoms with Crippen molar-refractivity contribution in [1.82, 2.24) is 5.32 Å². The summed E-state index contributed by atoms with van der Waals surface area (Å²) in [7, 11) is 1.68. The zero-order valence-corrected chi connectivity index (χ0v) is 26.7. The Morgan fingerprint density at radius 3 is 2.30 bits per heavy atom. The summed E-state index contributed by atoms with van der Waals surface area (Å²) in [6.45, 7) is 2.46. The van der Waals surface area contributed by atoms with Gasteiger partial charge in [-0.25, -0.2) is 0 Å². The molecule has 0 aliphatic carbocycles. The number of hydrogen-bond acceptors (Lipinski definition) is 7. The smallest absolute Gasteiger partial charge is 0.303 e. The predicted molar refractivity (Wildman–Crippen MR) is 177 cm³/mol. The number of carboxylic acids is 1. The van der Waals surface area contributed by atoms with Gasteiger partial charge in [0.2, 0.25) is 5.91 Å². The maximum absolute atomic E-state index is 12.0. The Kier molecular flexibility index (Phi) is 11.5. The Balaban J connectivity index is 1.32.